The van der Waals surface area contributed by atoms with Gasteiger partial charge in [0.05, 0.1) is 36.4 Å². The molecule has 0 radical (unpaired) electrons. The predicted octanol–water partition coefficient (Wildman–Crippen LogP) is 3.27. The second kappa shape index (κ2) is 9.94. The highest BCUT2D eigenvalue weighted by Crippen LogP contribution is 2.40. The van der Waals surface area contributed by atoms with Crippen molar-refractivity contribution >= 4 is 35.2 Å². The second-order valence-corrected chi connectivity index (χ2v) is 8.14. The Morgan fingerprint density at radius 2 is 1.83 bits per heavy atom. The molecule has 10 nitrogen and oxygen atoms in total. The summed E-state index contributed by atoms with van der Waals surface area (Å²) in [6, 6.07) is 11.8. The third kappa shape index (κ3) is 4.99. The number of thiocarbonyl (C=S) groups is 1. The molecule has 0 unspecified atom stereocenters. The number of carboxylic acid groups (broad SMARTS) is 2. The zero-order chi connectivity index (χ0) is 25.1. The fourth-order valence-electron chi connectivity index (χ4n) is 3.95. The van der Waals surface area contributed by atoms with Gasteiger partial charge in [0, 0.05) is 18.3 Å². The minimum absolute atomic E-state index is 0.0972. The van der Waals surface area contributed by atoms with Crippen molar-refractivity contribution < 1.29 is 33.8 Å². The van der Waals surface area contributed by atoms with E-state index in [2.05, 4.69) is 10.3 Å². The van der Waals surface area contributed by atoms with Crippen molar-refractivity contribution in [1.29, 1.82) is 0 Å². The Hall–Kier alpha value is -4.25. The van der Waals surface area contributed by atoms with Gasteiger partial charge < -0.3 is 29.6 Å². The molecule has 0 saturated carbocycles. The van der Waals surface area contributed by atoms with E-state index in [1.165, 1.54) is 19.2 Å². The van der Waals surface area contributed by atoms with Crippen LogP contribution in [-0.4, -0.2) is 56.8 Å². The molecule has 3 heterocycles. The first-order valence-electron chi connectivity index (χ1n) is 10.5. The smallest absolute Gasteiger partial charge is 0.335 e. The molecule has 2 atom stereocenters. The van der Waals surface area contributed by atoms with Gasteiger partial charge in [-0.2, -0.15) is 0 Å². The quantitative estimate of drug-likeness (QED) is 0.313. The van der Waals surface area contributed by atoms with Gasteiger partial charge in [-0.15, -0.1) is 0 Å². The summed E-state index contributed by atoms with van der Waals surface area (Å²) in [7, 11) is 1.31. The second-order valence-electron chi connectivity index (χ2n) is 7.76. The number of esters is 1. The summed E-state index contributed by atoms with van der Waals surface area (Å²) in [4.78, 5) is 41.0. The summed E-state index contributed by atoms with van der Waals surface area (Å²) in [5.41, 5.74) is 0.664. The zero-order valence-corrected chi connectivity index (χ0v) is 19.3. The molecule has 180 valence electrons. The number of nitrogens with one attached hydrogen (secondary N) is 1. The number of rotatable bonds is 8. The predicted molar refractivity (Wildman–Crippen MR) is 127 cm³/mol. The number of aromatic nitrogens is 1. The largest absolute Gasteiger partial charge is 0.478 e. The summed E-state index contributed by atoms with van der Waals surface area (Å²) in [6.45, 7) is 0.264. The number of hydrogen-bond acceptors (Lipinski definition) is 7. The molecule has 1 aliphatic rings. The molecule has 3 N–H and O–H groups in total. The van der Waals surface area contributed by atoms with E-state index >= 15 is 0 Å². The highest BCUT2D eigenvalue weighted by Gasteiger charge is 2.41. The van der Waals surface area contributed by atoms with Crippen LogP contribution in [0.3, 0.4) is 0 Å². The lowest BCUT2D eigenvalue weighted by atomic mass is 10.0. The van der Waals surface area contributed by atoms with Gasteiger partial charge in [-0.1, -0.05) is 6.07 Å². The Balaban J connectivity index is 1.74. The van der Waals surface area contributed by atoms with E-state index in [1.54, 1.807) is 24.4 Å². The third-order valence-electron chi connectivity index (χ3n) is 5.61. The maximum absolute atomic E-state index is 11.8. The standard InChI is InChI=1S/C24H21N3O7S/c1-33-19(28)7-9-27-21(20(26-24(27)35)16-4-2-3-8-25-16)18-6-5-17(34-18)13-10-14(22(29)30)12-15(11-13)23(31)32/h2-6,8,10-12,20-21H,7,9H2,1H3,(H,26,35)(H,29,30)(H,31,32)/t20-,21+/m0/s1. The van der Waals surface area contributed by atoms with Crippen LogP contribution >= 0.6 is 12.2 Å². The Bertz CT molecular complexity index is 1260. The minimum atomic E-state index is -1.25. The molecule has 35 heavy (non-hydrogen) atoms. The lowest BCUT2D eigenvalue weighted by Crippen LogP contribution is -2.31. The molecule has 3 aromatic rings. The average molecular weight is 496 g/mol. The Morgan fingerprint density at radius 1 is 1.11 bits per heavy atom. The molecule has 1 aromatic carbocycles. The molecule has 0 bridgehead atoms. The lowest BCUT2D eigenvalue weighted by molar-refractivity contribution is -0.140. The van der Waals surface area contributed by atoms with Crippen LogP contribution in [0.5, 0.6) is 0 Å². The van der Waals surface area contributed by atoms with Crippen LogP contribution in [0.25, 0.3) is 11.3 Å². The Morgan fingerprint density at radius 3 is 2.43 bits per heavy atom. The maximum atomic E-state index is 11.8. The van der Waals surface area contributed by atoms with Crippen LogP contribution in [0.1, 0.15) is 50.7 Å². The number of carboxylic acids is 2. The lowest BCUT2D eigenvalue weighted by Gasteiger charge is -2.25. The van der Waals surface area contributed by atoms with Crippen molar-refractivity contribution in [1.82, 2.24) is 15.2 Å². The molecule has 11 heteroatoms. The first kappa shape index (κ1) is 23.9. The number of methoxy groups -OCH3 is 1. The van der Waals surface area contributed by atoms with E-state index in [-0.39, 0.29) is 41.9 Å². The number of ether oxygens (including phenoxy) is 1. The molecular weight excluding hydrogens is 474 g/mol. The summed E-state index contributed by atoms with van der Waals surface area (Å²) in [5, 5.41) is 22.4. The van der Waals surface area contributed by atoms with Crippen LogP contribution in [0, 0.1) is 0 Å². The highest BCUT2D eigenvalue weighted by atomic mass is 32.1. The molecule has 0 aliphatic carbocycles. The Kier molecular flexibility index (Phi) is 6.78. The first-order chi connectivity index (χ1) is 16.8. The van der Waals surface area contributed by atoms with Gasteiger partial charge in [0.1, 0.15) is 17.6 Å². The van der Waals surface area contributed by atoms with E-state index < -0.39 is 18.0 Å². The van der Waals surface area contributed by atoms with Crippen molar-refractivity contribution in [2.24, 2.45) is 0 Å². The van der Waals surface area contributed by atoms with E-state index in [0.29, 0.717) is 22.1 Å². The molecule has 1 saturated heterocycles. The monoisotopic (exact) mass is 495 g/mol. The van der Waals surface area contributed by atoms with Gasteiger partial charge in [0.2, 0.25) is 0 Å². The van der Waals surface area contributed by atoms with Crippen molar-refractivity contribution in [3.8, 4) is 11.3 Å². The molecular formula is C24H21N3O7S. The average Bonchev–Trinajstić information content (AvgIpc) is 3.47. The number of nitrogens with zero attached hydrogens (tertiary/aromatic N) is 2. The van der Waals surface area contributed by atoms with E-state index in [0.717, 1.165) is 6.07 Å². The van der Waals surface area contributed by atoms with E-state index in [4.69, 9.17) is 21.4 Å². The highest BCUT2D eigenvalue weighted by molar-refractivity contribution is 7.80. The van der Waals surface area contributed by atoms with Crippen LogP contribution < -0.4 is 5.32 Å². The molecule has 1 fully saturated rings. The van der Waals surface area contributed by atoms with Gasteiger partial charge in [-0.25, -0.2) is 9.59 Å². The summed E-state index contributed by atoms with van der Waals surface area (Å²) in [6.07, 6.45) is 1.76. The van der Waals surface area contributed by atoms with Gasteiger partial charge in [-0.3, -0.25) is 9.78 Å². The summed E-state index contributed by atoms with van der Waals surface area (Å²) < 4.78 is 10.9. The number of furan rings is 1. The molecule has 2 aromatic heterocycles. The van der Waals surface area contributed by atoms with Crippen LogP contribution in [0.15, 0.2) is 59.1 Å². The van der Waals surface area contributed by atoms with Gasteiger partial charge >= 0.3 is 17.9 Å². The number of hydrogen-bond donors (Lipinski definition) is 3. The number of carbonyl (C=O) groups is 3. The fourth-order valence-corrected chi connectivity index (χ4v) is 4.28. The zero-order valence-electron chi connectivity index (χ0n) is 18.5. The van der Waals surface area contributed by atoms with E-state index in [9.17, 15) is 24.6 Å². The van der Waals surface area contributed by atoms with Crippen LogP contribution in [0.4, 0.5) is 0 Å². The Labute approximate surface area is 205 Å². The number of benzene rings is 1. The van der Waals surface area contributed by atoms with Gasteiger partial charge in [-0.05, 0) is 54.7 Å². The van der Waals surface area contributed by atoms with E-state index in [1.807, 2.05) is 17.0 Å². The summed E-state index contributed by atoms with van der Waals surface area (Å²) >= 11 is 5.54. The topological polar surface area (TPSA) is 142 Å². The molecule has 4 rings (SSSR count). The van der Waals surface area contributed by atoms with Crippen molar-refractivity contribution in [3.63, 3.8) is 0 Å². The number of aromatic carboxylic acids is 2. The molecule has 1 aliphatic heterocycles. The fraction of sp³-hybridized carbons (Fsp3) is 0.208. The molecule has 0 spiro atoms. The first-order valence-corrected chi connectivity index (χ1v) is 11.0. The van der Waals surface area contributed by atoms with Gasteiger partial charge in [0.15, 0.2) is 5.11 Å². The van der Waals surface area contributed by atoms with Crippen molar-refractivity contribution in [3.05, 3.63) is 77.3 Å². The molecule has 0 amide bonds. The number of pyridine rings is 1. The maximum Gasteiger partial charge on any atom is 0.335 e. The van der Waals surface area contributed by atoms with Crippen LogP contribution in [0.2, 0.25) is 0 Å². The van der Waals surface area contributed by atoms with Crippen molar-refractivity contribution in [2.45, 2.75) is 18.5 Å². The van der Waals surface area contributed by atoms with Crippen LogP contribution in [-0.2, 0) is 9.53 Å². The van der Waals surface area contributed by atoms with Gasteiger partial charge in [0.25, 0.3) is 0 Å². The normalized spacial score (nSPS) is 17.2. The van der Waals surface area contributed by atoms with Crippen molar-refractivity contribution in [2.75, 3.05) is 13.7 Å². The number of carbonyl (C=O) groups excluding carboxylic acids is 1. The third-order valence-corrected chi connectivity index (χ3v) is 5.96. The minimum Gasteiger partial charge on any atom is -0.478 e. The SMILES string of the molecule is COC(=O)CCN1C(=S)N[C@@H](c2ccccn2)[C@H]1c1ccc(-c2cc(C(=O)O)cc(C(=O)O)c2)o1. The summed E-state index contributed by atoms with van der Waals surface area (Å²) in [5.74, 6) is -2.13.